The minimum absolute atomic E-state index is 0.330. The van der Waals surface area contributed by atoms with E-state index in [0.29, 0.717) is 25.3 Å². The van der Waals surface area contributed by atoms with Crippen LogP contribution in [0.1, 0.15) is 37.8 Å². The highest BCUT2D eigenvalue weighted by Gasteiger charge is 2.42. The first kappa shape index (κ1) is 12.3. The summed E-state index contributed by atoms with van der Waals surface area (Å²) in [6, 6.07) is 1.92. The number of hydrogen-bond acceptors (Lipinski definition) is 4. The van der Waals surface area contributed by atoms with Crippen molar-refractivity contribution >= 4 is 5.82 Å². The Balaban J connectivity index is 2.40. The molecule has 1 aromatic heterocycles. The van der Waals surface area contributed by atoms with Crippen molar-refractivity contribution in [3.63, 3.8) is 0 Å². The Kier molecular flexibility index (Phi) is 2.87. The number of aryl methyl sites for hydroxylation is 1. The number of nitrogens with two attached hydrogens (primary N) is 1. The Morgan fingerprint density at radius 2 is 2.18 bits per heavy atom. The molecule has 4 heteroatoms. The maximum Gasteiger partial charge on any atom is 0.129 e. The molecule has 0 amide bonds. The van der Waals surface area contributed by atoms with Gasteiger partial charge in [-0.2, -0.15) is 0 Å². The second-order valence-electron chi connectivity index (χ2n) is 5.51. The van der Waals surface area contributed by atoms with E-state index in [2.05, 4.69) is 4.98 Å². The third-order valence-electron chi connectivity index (χ3n) is 3.28. The zero-order valence-electron chi connectivity index (χ0n) is 10.7. The summed E-state index contributed by atoms with van der Waals surface area (Å²) in [5, 5.41) is 10.8. The van der Waals surface area contributed by atoms with Crippen LogP contribution >= 0.6 is 0 Å². The van der Waals surface area contributed by atoms with Gasteiger partial charge in [0.2, 0.25) is 0 Å². The third kappa shape index (κ3) is 2.42. The van der Waals surface area contributed by atoms with Gasteiger partial charge in [-0.05, 0) is 32.4 Å². The summed E-state index contributed by atoms with van der Waals surface area (Å²) < 4.78 is 5.63. The van der Waals surface area contributed by atoms with E-state index < -0.39 is 5.60 Å². The van der Waals surface area contributed by atoms with Gasteiger partial charge in [0, 0.05) is 24.6 Å². The van der Waals surface area contributed by atoms with Gasteiger partial charge in [0.1, 0.15) is 5.82 Å². The smallest absolute Gasteiger partial charge is 0.129 e. The molecule has 1 aliphatic heterocycles. The lowest BCUT2D eigenvalue weighted by Gasteiger charge is -2.42. The van der Waals surface area contributed by atoms with Crippen molar-refractivity contribution in [2.45, 2.75) is 44.8 Å². The minimum atomic E-state index is -0.926. The van der Waals surface area contributed by atoms with Gasteiger partial charge in [-0.15, -0.1) is 0 Å². The molecule has 0 saturated carbocycles. The summed E-state index contributed by atoms with van der Waals surface area (Å²) in [4.78, 5) is 4.12. The molecule has 2 heterocycles. The summed E-state index contributed by atoms with van der Waals surface area (Å²) in [6.45, 7) is 6.45. The van der Waals surface area contributed by atoms with Gasteiger partial charge in [0.25, 0.3) is 0 Å². The standard InChI is InChI=1S/C13H20N2O2/c1-9-6-10(11(14)15-7-9)13(16)4-5-17-12(2,3)8-13/h6-7,16H,4-5,8H2,1-3H3,(H2,14,15). The Morgan fingerprint density at radius 1 is 1.47 bits per heavy atom. The van der Waals surface area contributed by atoms with Crippen molar-refractivity contribution in [1.29, 1.82) is 0 Å². The average molecular weight is 236 g/mol. The molecule has 1 unspecified atom stereocenters. The van der Waals surface area contributed by atoms with Gasteiger partial charge in [-0.3, -0.25) is 0 Å². The summed E-state index contributed by atoms with van der Waals surface area (Å²) in [5.74, 6) is 0.413. The van der Waals surface area contributed by atoms with E-state index in [4.69, 9.17) is 10.5 Å². The summed E-state index contributed by atoms with van der Waals surface area (Å²) in [6.07, 6.45) is 2.81. The maximum absolute atomic E-state index is 10.8. The lowest BCUT2D eigenvalue weighted by atomic mass is 9.79. The molecule has 94 valence electrons. The molecule has 17 heavy (non-hydrogen) atoms. The number of anilines is 1. The van der Waals surface area contributed by atoms with Crippen LogP contribution < -0.4 is 5.73 Å². The minimum Gasteiger partial charge on any atom is -0.385 e. The summed E-state index contributed by atoms with van der Waals surface area (Å²) in [7, 11) is 0. The molecule has 1 saturated heterocycles. The van der Waals surface area contributed by atoms with Crippen LogP contribution in [0.25, 0.3) is 0 Å². The van der Waals surface area contributed by atoms with E-state index in [1.54, 1.807) is 6.20 Å². The highest BCUT2D eigenvalue weighted by Crippen LogP contribution is 2.41. The molecule has 0 aliphatic carbocycles. The van der Waals surface area contributed by atoms with E-state index >= 15 is 0 Å². The van der Waals surface area contributed by atoms with Gasteiger partial charge in [-0.25, -0.2) is 4.98 Å². The number of nitrogens with zero attached hydrogens (tertiary/aromatic N) is 1. The first-order valence-corrected chi connectivity index (χ1v) is 5.91. The Labute approximate surface area is 102 Å². The molecule has 3 N–H and O–H groups in total. The normalized spacial score (nSPS) is 28.0. The van der Waals surface area contributed by atoms with E-state index in [1.807, 2.05) is 26.8 Å². The molecule has 2 rings (SSSR count). The summed E-state index contributed by atoms with van der Waals surface area (Å²) in [5.41, 5.74) is 6.36. The molecule has 1 atom stereocenters. The van der Waals surface area contributed by atoms with Crippen LogP contribution in [0.15, 0.2) is 12.3 Å². The van der Waals surface area contributed by atoms with Crippen molar-refractivity contribution in [2.75, 3.05) is 12.3 Å². The number of pyridine rings is 1. The molecule has 4 nitrogen and oxygen atoms in total. The van der Waals surface area contributed by atoms with Crippen LogP contribution in [0, 0.1) is 6.92 Å². The highest BCUT2D eigenvalue weighted by atomic mass is 16.5. The van der Waals surface area contributed by atoms with Gasteiger partial charge in [0.05, 0.1) is 17.8 Å². The Morgan fingerprint density at radius 3 is 2.82 bits per heavy atom. The summed E-state index contributed by atoms with van der Waals surface area (Å²) >= 11 is 0. The lowest BCUT2D eigenvalue weighted by Crippen LogP contribution is -2.44. The SMILES string of the molecule is Cc1cnc(N)c(C2(O)CCOC(C)(C)C2)c1. The first-order chi connectivity index (χ1) is 7.82. The largest absolute Gasteiger partial charge is 0.385 e. The molecule has 0 spiro atoms. The first-order valence-electron chi connectivity index (χ1n) is 5.91. The van der Waals surface area contributed by atoms with E-state index in [1.165, 1.54) is 0 Å². The molecular weight excluding hydrogens is 216 g/mol. The van der Waals surface area contributed by atoms with Crippen LogP contribution in [0.5, 0.6) is 0 Å². The molecule has 0 radical (unpaired) electrons. The molecule has 1 fully saturated rings. The monoisotopic (exact) mass is 236 g/mol. The molecule has 1 aliphatic rings. The fourth-order valence-corrected chi connectivity index (χ4v) is 2.52. The second-order valence-corrected chi connectivity index (χ2v) is 5.51. The van der Waals surface area contributed by atoms with Crippen LogP contribution in [0.2, 0.25) is 0 Å². The second kappa shape index (κ2) is 3.96. The van der Waals surface area contributed by atoms with E-state index in [9.17, 15) is 5.11 Å². The lowest BCUT2D eigenvalue weighted by molar-refractivity contribution is -0.148. The number of nitrogen functional groups attached to an aromatic ring is 1. The van der Waals surface area contributed by atoms with Gasteiger partial charge in [-0.1, -0.05) is 0 Å². The van der Waals surface area contributed by atoms with Gasteiger partial charge < -0.3 is 15.6 Å². The van der Waals surface area contributed by atoms with Crippen molar-refractivity contribution in [3.05, 3.63) is 23.4 Å². The topological polar surface area (TPSA) is 68.4 Å². The molecule has 0 aromatic carbocycles. The van der Waals surface area contributed by atoms with Gasteiger partial charge >= 0.3 is 0 Å². The Bertz CT molecular complexity index is 431. The zero-order valence-corrected chi connectivity index (χ0v) is 10.7. The fourth-order valence-electron chi connectivity index (χ4n) is 2.52. The van der Waals surface area contributed by atoms with Crippen LogP contribution in [-0.2, 0) is 10.3 Å². The number of hydrogen-bond donors (Lipinski definition) is 2. The third-order valence-corrected chi connectivity index (χ3v) is 3.28. The van der Waals surface area contributed by atoms with Crippen molar-refractivity contribution < 1.29 is 9.84 Å². The van der Waals surface area contributed by atoms with Gasteiger partial charge in [0.15, 0.2) is 0 Å². The Hall–Kier alpha value is -1.13. The quantitative estimate of drug-likeness (QED) is 0.779. The fraction of sp³-hybridized carbons (Fsp3) is 0.615. The van der Waals surface area contributed by atoms with Crippen LogP contribution in [-0.4, -0.2) is 22.3 Å². The van der Waals surface area contributed by atoms with Crippen molar-refractivity contribution in [1.82, 2.24) is 4.98 Å². The molecule has 1 aromatic rings. The van der Waals surface area contributed by atoms with E-state index in [-0.39, 0.29) is 5.60 Å². The predicted molar refractivity (Wildman–Crippen MR) is 66.5 cm³/mol. The zero-order chi connectivity index (χ0) is 12.7. The number of aromatic nitrogens is 1. The molecule has 0 bridgehead atoms. The van der Waals surface area contributed by atoms with Crippen LogP contribution in [0.4, 0.5) is 5.82 Å². The number of ether oxygens (including phenoxy) is 1. The average Bonchev–Trinajstić information content (AvgIpc) is 2.19. The highest BCUT2D eigenvalue weighted by molar-refractivity contribution is 5.45. The number of aliphatic hydroxyl groups is 1. The van der Waals surface area contributed by atoms with Crippen molar-refractivity contribution in [3.8, 4) is 0 Å². The van der Waals surface area contributed by atoms with Crippen LogP contribution in [0.3, 0.4) is 0 Å². The molecular formula is C13H20N2O2. The van der Waals surface area contributed by atoms with Crippen molar-refractivity contribution in [2.24, 2.45) is 0 Å². The maximum atomic E-state index is 10.8. The number of rotatable bonds is 1. The van der Waals surface area contributed by atoms with E-state index in [0.717, 1.165) is 11.1 Å². The predicted octanol–water partition coefficient (Wildman–Crippen LogP) is 1.75.